The molecule has 5 nitrogen and oxygen atoms in total. The van der Waals surface area contributed by atoms with E-state index in [1.807, 2.05) is 25.1 Å². The second-order valence-corrected chi connectivity index (χ2v) is 5.01. The molecule has 1 atom stereocenters. The standard InChI is InChI=1S/C15H22N2O3/c1-4-15(5-2,14(19)20)10-13(18)17-11(3)12-8-6-7-9-16-12/h6-9,11H,4-5,10H2,1-3H3,(H,17,18)(H,19,20)/t11-/m0/s1. The number of carboxylic acid groups (broad SMARTS) is 1. The van der Waals surface area contributed by atoms with Crippen molar-refractivity contribution in [3.63, 3.8) is 0 Å². The van der Waals surface area contributed by atoms with Gasteiger partial charge in [-0.05, 0) is 31.9 Å². The van der Waals surface area contributed by atoms with E-state index >= 15 is 0 Å². The summed E-state index contributed by atoms with van der Waals surface area (Å²) in [4.78, 5) is 27.6. The summed E-state index contributed by atoms with van der Waals surface area (Å²) in [6, 6.07) is 5.25. The molecule has 0 aliphatic heterocycles. The maximum Gasteiger partial charge on any atom is 0.310 e. The van der Waals surface area contributed by atoms with Crippen LogP contribution < -0.4 is 5.32 Å². The largest absolute Gasteiger partial charge is 0.481 e. The number of amides is 1. The Hall–Kier alpha value is -1.91. The summed E-state index contributed by atoms with van der Waals surface area (Å²) in [6.45, 7) is 5.43. The maximum atomic E-state index is 12.1. The summed E-state index contributed by atoms with van der Waals surface area (Å²) in [5, 5.41) is 12.1. The Morgan fingerprint density at radius 1 is 1.35 bits per heavy atom. The lowest BCUT2D eigenvalue weighted by Gasteiger charge is -2.26. The van der Waals surface area contributed by atoms with E-state index in [1.54, 1.807) is 20.0 Å². The summed E-state index contributed by atoms with van der Waals surface area (Å²) < 4.78 is 0. The fourth-order valence-corrected chi connectivity index (χ4v) is 2.18. The van der Waals surface area contributed by atoms with Gasteiger partial charge in [0, 0.05) is 12.6 Å². The summed E-state index contributed by atoms with van der Waals surface area (Å²) >= 11 is 0. The minimum absolute atomic E-state index is 0.00743. The van der Waals surface area contributed by atoms with Gasteiger partial charge in [0.05, 0.1) is 17.2 Å². The molecule has 0 radical (unpaired) electrons. The van der Waals surface area contributed by atoms with Crippen LogP contribution in [0.3, 0.4) is 0 Å². The number of carboxylic acids is 1. The monoisotopic (exact) mass is 278 g/mol. The highest BCUT2D eigenvalue weighted by Crippen LogP contribution is 2.31. The number of aliphatic carboxylic acids is 1. The summed E-state index contributed by atoms with van der Waals surface area (Å²) in [7, 11) is 0. The molecule has 0 bridgehead atoms. The van der Waals surface area contributed by atoms with Crippen LogP contribution in [0, 0.1) is 5.41 Å². The van der Waals surface area contributed by atoms with Crippen molar-refractivity contribution in [3.05, 3.63) is 30.1 Å². The van der Waals surface area contributed by atoms with Crippen molar-refractivity contribution in [1.29, 1.82) is 0 Å². The predicted octanol–water partition coefficient (Wildman–Crippen LogP) is 2.54. The minimum Gasteiger partial charge on any atom is -0.481 e. The lowest BCUT2D eigenvalue weighted by molar-refractivity contribution is -0.152. The first-order valence-electron chi connectivity index (χ1n) is 6.89. The van der Waals surface area contributed by atoms with Crippen LogP contribution in [0.5, 0.6) is 0 Å². The first-order valence-corrected chi connectivity index (χ1v) is 6.89. The molecule has 0 spiro atoms. The number of hydrogen-bond acceptors (Lipinski definition) is 3. The number of nitrogens with zero attached hydrogens (tertiary/aromatic N) is 1. The average Bonchev–Trinajstić information content (AvgIpc) is 2.45. The van der Waals surface area contributed by atoms with Gasteiger partial charge in [-0.15, -0.1) is 0 Å². The molecule has 1 rings (SSSR count). The van der Waals surface area contributed by atoms with Crippen LogP contribution in [0.15, 0.2) is 24.4 Å². The van der Waals surface area contributed by atoms with E-state index in [1.165, 1.54) is 0 Å². The van der Waals surface area contributed by atoms with Crippen LogP contribution in [0.25, 0.3) is 0 Å². The third-order valence-electron chi connectivity index (χ3n) is 3.82. The molecule has 110 valence electrons. The molecular formula is C15H22N2O3. The first kappa shape index (κ1) is 16.1. The molecule has 0 aliphatic rings. The Morgan fingerprint density at radius 2 is 2.00 bits per heavy atom. The molecule has 0 saturated heterocycles. The van der Waals surface area contributed by atoms with Crippen LogP contribution in [-0.4, -0.2) is 22.0 Å². The molecule has 1 aromatic heterocycles. The zero-order chi connectivity index (χ0) is 15.2. The van der Waals surface area contributed by atoms with Crippen molar-refractivity contribution in [3.8, 4) is 0 Å². The molecule has 0 aliphatic carbocycles. The van der Waals surface area contributed by atoms with Crippen LogP contribution in [0.1, 0.15) is 51.8 Å². The third-order valence-corrected chi connectivity index (χ3v) is 3.82. The van der Waals surface area contributed by atoms with Gasteiger partial charge in [0.1, 0.15) is 0 Å². The number of pyridine rings is 1. The van der Waals surface area contributed by atoms with E-state index in [0.717, 1.165) is 5.69 Å². The molecule has 0 fully saturated rings. The van der Waals surface area contributed by atoms with Crippen molar-refractivity contribution in [2.45, 2.75) is 46.1 Å². The third kappa shape index (κ3) is 3.79. The van der Waals surface area contributed by atoms with Crippen LogP contribution in [0.4, 0.5) is 0 Å². The molecule has 0 aromatic carbocycles. The zero-order valence-corrected chi connectivity index (χ0v) is 12.2. The highest BCUT2D eigenvalue weighted by Gasteiger charge is 2.37. The van der Waals surface area contributed by atoms with Gasteiger partial charge >= 0.3 is 5.97 Å². The van der Waals surface area contributed by atoms with E-state index in [4.69, 9.17) is 0 Å². The number of rotatable bonds is 7. The fraction of sp³-hybridized carbons (Fsp3) is 0.533. The van der Waals surface area contributed by atoms with Gasteiger partial charge < -0.3 is 10.4 Å². The van der Waals surface area contributed by atoms with Crippen LogP contribution in [-0.2, 0) is 9.59 Å². The second kappa shape index (κ2) is 7.03. The van der Waals surface area contributed by atoms with Gasteiger partial charge in [-0.2, -0.15) is 0 Å². The van der Waals surface area contributed by atoms with E-state index in [9.17, 15) is 14.7 Å². The van der Waals surface area contributed by atoms with Gasteiger partial charge in [0.25, 0.3) is 0 Å². The number of hydrogen-bond donors (Lipinski definition) is 2. The summed E-state index contributed by atoms with van der Waals surface area (Å²) in [5.74, 6) is -1.17. The lowest BCUT2D eigenvalue weighted by atomic mass is 9.79. The maximum absolute atomic E-state index is 12.1. The minimum atomic E-state index is -0.978. The van der Waals surface area contributed by atoms with Crippen molar-refractivity contribution in [2.24, 2.45) is 5.41 Å². The molecule has 5 heteroatoms. The lowest BCUT2D eigenvalue weighted by Crippen LogP contribution is -2.37. The smallest absolute Gasteiger partial charge is 0.310 e. The van der Waals surface area contributed by atoms with Crippen LogP contribution >= 0.6 is 0 Å². The van der Waals surface area contributed by atoms with Gasteiger partial charge in [-0.1, -0.05) is 19.9 Å². The van der Waals surface area contributed by atoms with E-state index in [2.05, 4.69) is 10.3 Å². The number of carbonyl (C=O) groups excluding carboxylic acids is 1. The van der Waals surface area contributed by atoms with Gasteiger partial charge in [0.2, 0.25) is 5.91 Å². The highest BCUT2D eigenvalue weighted by molar-refractivity contribution is 5.85. The normalized spacial score (nSPS) is 12.8. The van der Waals surface area contributed by atoms with E-state index < -0.39 is 11.4 Å². The predicted molar refractivity (Wildman–Crippen MR) is 76.1 cm³/mol. The van der Waals surface area contributed by atoms with Gasteiger partial charge in [0.15, 0.2) is 0 Å². The first-order chi connectivity index (χ1) is 9.45. The number of nitrogens with one attached hydrogen (secondary N) is 1. The molecule has 1 amide bonds. The average molecular weight is 278 g/mol. The van der Waals surface area contributed by atoms with Crippen LogP contribution in [0.2, 0.25) is 0 Å². The molecule has 0 saturated carbocycles. The molecule has 2 N–H and O–H groups in total. The Balaban J connectivity index is 2.70. The Morgan fingerprint density at radius 3 is 2.45 bits per heavy atom. The molecule has 20 heavy (non-hydrogen) atoms. The molecular weight excluding hydrogens is 256 g/mol. The van der Waals surface area contributed by atoms with Crippen molar-refractivity contribution >= 4 is 11.9 Å². The Labute approximate surface area is 119 Å². The summed E-state index contributed by atoms with van der Waals surface area (Å²) in [5.41, 5.74) is -0.219. The zero-order valence-electron chi connectivity index (χ0n) is 12.2. The highest BCUT2D eigenvalue weighted by atomic mass is 16.4. The van der Waals surface area contributed by atoms with E-state index in [0.29, 0.717) is 12.8 Å². The SMILES string of the molecule is CCC(CC)(CC(=O)N[C@@H](C)c1ccccn1)C(=O)O. The number of carbonyl (C=O) groups is 2. The Kier molecular flexibility index (Phi) is 5.67. The second-order valence-electron chi connectivity index (χ2n) is 5.01. The van der Waals surface area contributed by atoms with E-state index in [-0.39, 0.29) is 18.4 Å². The number of aromatic nitrogens is 1. The Bertz CT molecular complexity index is 455. The van der Waals surface area contributed by atoms with Gasteiger partial charge in [-0.3, -0.25) is 14.6 Å². The van der Waals surface area contributed by atoms with Crippen molar-refractivity contribution < 1.29 is 14.7 Å². The van der Waals surface area contributed by atoms with Crippen molar-refractivity contribution in [2.75, 3.05) is 0 Å². The quantitative estimate of drug-likeness (QED) is 0.803. The molecule has 1 aromatic rings. The van der Waals surface area contributed by atoms with Gasteiger partial charge in [-0.25, -0.2) is 0 Å². The van der Waals surface area contributed by atoms with Crippen molar-refractivity contribution in [1.82, 2.24) is 10.3 Å². The topological polar surface area (TPSA) is 79.3 Å². The molecule has 1 heterocycles. The molecule has 0 unspecified atom stereocenters. The fourth-order valence-electron chi connectivity index (χ4n) is 2.18. The summed E-state index contributed by atoms with van der Waals surface area (Å²) in [6.07, 6.45) is 2.53.